The molecule has 0 aliphatic carbocycles. The van der Waals surface area contributed by atoms with Gasteiger partial charge in [0.2, 0.25) is 0 Å². The minimum atomic E-state index is -0.464. The SMILES string of the molecule is O=[N+]([O-])c1cccc(Cl)c1P. The van der Waals surface area contributed by atoms with Crippen LogP contribution in [0.4, 0.5) is 5.69 Å². The highest BCUT2D eigenvalue weighted by molar-refractivity contribution is 7.28. The van der Waals surface area contributed by atoms with Crippen molar-refractivity contribution in [2.75, 3.05) is 0 Å². The van der Waals surface area contributed by atoms with Crippen LogP contribution in [0.2, 0.25) is 5.02 Å². The summed E-state index contributed by atoms with van der Waals surface area (Å²) in [7, 11) is 2.24. The Balaban J connectivity index is 3.27. The maximum atomic E-state index is 10.3. The molecule has 1 unspecified atom stereocenters. The van der Waals surface area contributed by atoms with Crippen molar-refractivity contribution in [3.8, 4) is 0 Å². The largest absolute Gasteiger partial charge is 0.277 e. The first kappa shape index (κ1) is 8.44. The van der Waals surface area contributed by atoms with E-state index in [9.17, 15) is 10.1 Å². The van der Waals surface area contributed by atoms with Crippen LogP contribution in [0.15, 0.2) is 18.2 Å². The van der Waals surface area contributed by atoms with Gasteiger partial charge in [0.25, 0.3) is 5.69 Å². The molecule has 11 heavy (non-hydrogen) atoms. The summed E-state index contributed by atoms with van der Waals surface area (Å²) in [6.45, 7) is 0. The van der Waals surface area contributed by atoms with Gasteiger partial charge in [-0.2, -0.15) is 0 Å². The lowest BCUT2D eigenvalue weighted by molar-refractivity contribution is -0.383. The third-order valence-corrected chi connectivity index (χ3v) is 2.35. The maximum Gasteiger partial charge on any atom is 0.277 e. The lowest BCUT2D eigenvalue weighted by Gasteiger charge is -1.96. The van der Waals surface area contributed by atoms with Crippen LogP contribution in [-0.4, -0.2) is 4.92 Å². The molecule has 1 atom stereocenters. The molecule has 0 fully saturated rings. The molecule has 0 bridgehead atoms. The number of nitro groups is 1. The molecule has 0 aromatic heterocycles. The number of nitro benzene ring substituents is 1. The first-order valence-electron chi connectivity index (χ1n) is 2.81. The van der Waals surface area contributed by atoms with Crippen molar-refractivity contribution >= 4 is 31.8 Å². The number of hydrogen-bond donors (Lipinski definition) is 0. The molecule has 1 aromatic carbocycles. The Labute approximate surface area is 70.7 Å². The van der Waals surface area contributed by atoms with E-state index in [1.807, 2.05) is 0 Å². The Hall–Kier alpha value is -0.660. The predicted molar refractivity (Wildman–Crippen MR) is 47.5 cm³/mol. The first-order chi connectivity index (χ1) is 5.13. The van der Waals surface area contributed by atoms with Gasteiger partial charge in [-0.15, -0.1) is 0 Å². The van der Waals surface area contributed by atoms with E-state index in [0.717, 1.165) is 0 Å². The van der Waals surface area contributed by atoms with E-state index >= 15 is 0 Å². The fraction of sp³-hybridized carbons (Fsp3) is 0. The molecule has 0 heterocycles. The Kier molecular flexibility index (Phi) is 2.42. The van der Waals surface area contributed by atoms with Crippen LogP contribution in [0.5, 0.6) is 0 Å². The summed E-state index contributed by atoms with van der Waals surface area (Å²) >= 11 is 5.63. The molecule has 0 aliphatic rings. The smallest absolute Gasteiger partial charge is 0.258 e. The zero-order chi connectivity index (χ0) is 8.43. The fourth-order valence-electron chi connectivity index (χ4n) is 0.685. The standard InChI is InChI=1S/C6H5ClNO2P/c7-4-2-1-3-5(6(4)11)8(9)10/h1-3H,11H2. The van der Waals surface area contributed by atoms with E-state index in [2.05, 4.69) is 9.24 Å². The third kappa shape index (κ3) is 1.67. The molecule has 58 valence electrons. The molecule has 1 aromatic rings. The summed E-state index contributed by atoms with van der Waals surface area (Å²) in [5.41, 5.74) is 0.0301. The average Bonchev–Trinajstić information content (AvgIpc) is 1.94. The van der Waals surface area contributed by atoms with Gasteiger partial charge in [0, 0.05) is 6.07 Å². The van der Waals surface area contributed by atoms with Crippen LogP contribution in [0.3, 0.4) is 0 Å². The van der Waals surface area contributed by atoms with Crippen LogP contribution in [0.1, 0.15) is 0 Å². The first-order valence-corrected chi connectivity index (χ1v) is 3.77. The van der Waals surface area contributed by atoms with Gasteiger partial charge in [0.15, 0.2) is 0 Å². The molecule has 0 spiro atoms. The predicted octanol–water partition coefficient (Wildman–Crippen LogP) is 1.75. The summed E-state index contributed by atoms with van der Waals surface area (Å²) in [5.74, 6) is 0. The average molecular weight is 190 g/mol. The number of hydrogen-bond acceptors (Lipinski definition) is 2. The van der Waals surface area contributed by atoms with Crippen molar-refractivity contribution in [2.24, 2.45) is 0 Å². The Morgan fingerprint density at radius 3 is 2.64 bits per heavy atom. The highest BCUT2D eigenvalue weighted by Crippen LogP contribution is 2.17. The zero-order valence-corrected chi connectivity index (χ0v) is 7.36. The van der Waals surface area contributed by atoms with Crippen LogP contribution in [-0.2, 0) is 0 Å². The fourth-order valence-corrected chi connectivity index (χ4v) is 1.15. The van der Waals surface area contributed by atoms with Crippen molar-refractivity contribution in [1.82, 2.24) is 0 Å². The quantitative estimate of drug-likeness (QED) is 0.384. The molecule has 0 amide bonds. The van der Waals surface area contributed by atoms with Gasteiger partial charge in [-0.3, -0.25) is 10.1 Å². The second kappa shape index (κ2) is 3.16. The molecule has 0 aliphatic heterocycles. The van der Waals surface area contributed by atoms with Crippen molar-refractivity contribution in [2.45, 2.75) is 0 Å². The van der Waals surface area contributed by atoms with Gasteiger partial charge < -0.3 is 0 Å². The van der Waals surface area contributed by atoms with E-state index < -0.39 is 4.92 Å². The minimum absolute atomic E-state index is 0.0301. The van der Waals surface area contributed by atoms with Gasteiger partial charge in [0.05, 0.1) is 15.3 Å². The molecular weight excluding hydrogens is 184 g/mol. The van der Waals surface area contributed by atoms with E-state index in [1.165, 1.54) is 6.07 Å². The zero-order valence-electron chi connectivity index (χ0n) is 5.45. The van der Waals surface area contributed by atoms with Gasteiger partial charge in [0.1, 0.15) is 0 Å². The van der Waals surface area contributed by atoms with Crippen molar-refractivity contribution in [3.05, 3.63) is 33.3 Å². The Morgan fingerprint density at radius 2 is 2.18 bits per heavy atom. The molecule has 0 radical (unpaired) electrons. The van der Waals surface area contributed by atoms with E-state index in [-0.39, 0.29) is 5.69 Å². The van der Waals surface area contributed by atoms with Crippen LogP contribution in [0.25, 0.3) is 0 Å². The summed E-state index contributed by atoms with van der Waals surface area (Å²) < 4.78 is 0. The highest BCUT2D eigenvalue weighted by atomic mass is 35.5. The lowest BCUT2D eigenvalue weighted by atomic mass is 10.3. The lowest BCUT2D eigenvalue weighted by Crippen LogP contribution is -2.01. The molecular formula is C6H5ClNO2P. The molecule has 1 rings (SSSR count). The Bertz CT molecular complexity index is 303. The molecule has 5 heteroatoms. The second-order valence-electron chi connectivity index (χ2n) is 1.93. The molecule has 0 saturated heterocycles. The normalized spacial score (nSPS) is 9.64. The second-order valence-corrected chi connectivity index (χ2v) is 2.91. The van der Waals surface area contributed by atoms with E-state index in [1.54, 1.807) is 12.1 Å². The van der Waals surface area contributed by atoms with Crippen molar-refractivity contribution < 1.29 is 4.92 Å². The Morgan fingerprint density at radius 1 is 1.55 bits per heavy atom. The number of halogens is 1. The summed E-state index contributed by atoms with van der Waals surface area (Å²) in [5, 5.41) is 11.1. The monoisotopic (exact) mass is 189 g/mol. The summed E-state index contributed by atoms with van der Waals surface area (Å²) in [6.07, 6.45) is 0. The van der Waals surface area contributed by atoms with Crippen molar-refractivity contribution in [1.29, 1.82) is 0 Å². The van der Waals surface area contributed by atoms with E-state index in [4.69, 9.17) is 11.6 Å². The number of benzene rings is 1. The van der Waals surface area contributed by atoms with Crippen molar-refractivity contribution in [3.63, 3.8) is 0 Å². The number of rotatable bonds is 1. The summed E-state index contributed by atoms with van der Waals surface area (Å²) in [6, 6.07) is 4.57. The third-order valence-electron chi connectivity index (χ3n) is 1.23. The number of nitrogens with zero attached hydrogens (tertiary/aromatic N) is 1. The van der Waals surface area contributed by atoms with Gasteiger partial charge in [-0.25, -0.2) is 0 Å². The topological polar surface area (TPSA) is 43.1 Å². The summed E-state index contributed by atoms with van der Waals surface area (Å²) in [4.78, 5) is 9.84. The molecule has 0 N–H and O–H groups in total. The van der Waals surface area contributed by atoms with Gasteiger partial charge in [-0.1, -0.05) is 26.9 Å². The highest BCUT2D eigenvalue weighted by Gasteiger charge is 2.11. The molecule has 0 saturated carbocycles. The molecule has 3 nitrogen and oxygen atoms in total. The minimum Gasteiger partial charge on any atom is -0.258 e. The van der Waals surface area contributed by atoms with Crippen LogP contribution in [0, 0.1) is 10.1 Å². The van der Waals surface area contributed by atoms with Crippen LogP contribution >= 0.6 is 20.8 Å². The van der Waals surface area contributed by atoms with Crippen LogP contribution < -0.4 is 5.30 Å². The van der Waals surface area contributed by atoms with Gasteiger partial charge >= 0.3 is 0 Å². The van der Waals surface area contributed by atoms with Gasteiger partial charge in [-0.05, 0) is 6.07 Å². The van der Waals surface area contributed by atoms with E-state index in [0.29, 0.717) is 10.3 Å². The maximum absolute atomic E-state index is 10.3.